The first-order chi connectivity index (χ1) is 17.2. The molecular formula is C26H32F3NO6S. The van der Waals surface area contributed by atoms with E-state index in [4.69, 9.17) is 9.47 Å². The number of rotatable bonds is 9. The monoisotopic (exact) mass is 543 g/mol. The maximum absolute atomic E-state index is 13.2. The molecule has 37 heavy (non-hydrogen) atoms. The van der Waals surface area contributed by atoms with E-state index in [-0.39, 0.29) is 30.8 Å². The fourth-order valence-electron chi connectivity index (χ4n) is 4.05. The number of esters is 1. The van der Waals surface area contributed by atoms with E-state index in [2.05, 4.69) is 9.50 Å². The van der Waals surface area contributed by atoms with Crippen LogP contribution in [0, 0.1) is 0 Å². The maximum Gasteiger partial charge on any atom is 0.534 e. The average Bonchev–Trinajstić information content (AvgIpc) is 2.80. The van der Waals surface area contributed by atoms with Gasteiger partial charge in [0.05, 0.1) is 0 Å². The van der Waals surface area contributed by atoms with Crippen molar-refractivity contribution in [1.29, 1.82) is 0 Å². The summed E-state index contributed by atoms with van der Waals surface area (Å²) < 4.78 is 79.1. The third kappa shape index (κ3) is 7.61. The van der Waals surface area contributed by atoms with Gasteiger partial charge in [-0.1, -0.05) is 43.3 Å². The Balaban J connectivity index is 1.86. The second-order valence-electron chi connectivity index (χ2n) is 9.89. The molecule has 0 radical (unpaired) electrons. The number of benzene rings is 2. The summed E-state index contributed by atoms with van der Waals surface area (Å²) in [5, 5.41) is 3.28. The SMILES string of the molecule is CC[C@H](N[C@H]1CCc2c(ccc(OCc3ccccc3)c2OS(=O)(=O)C(F)(F)F)C1)C(=O)OC(C)(C)C. The largest absolute Gasteiger partial charge is 0.534 e. The van der Waals surface area contributed by atoms with Gasteiger partial charge in [-0.05, 0) is 63.6 Å². The average molecular weight is 544 g/mol. The van der Waals surface area contributed by atoms with E-state index in [9.17, 15) is 26.4 Å². The first kappa shape index (κ1) is 28.8. The fraction of sp³-hybridized carbons (Fsp3) is 0.500. The molecule has 204 valence electrons. The molecule has 0 spiro atoms. The molecule has 1 aliphatic rings. The van der Waals surface area contributed by atoms with Gasteiger partial charge in [-0.15, -0.1) is 0 Å². The second-order valence-corrected chi connectivity index (χ2v) is 11.4. The summed E-state index contributed by atoms with van der Waals surface area (Å²) >= 11 is 0. The van der Waals surface area contributed by atoms with Crippen molar-refractivity contribution in [2.45, 2.75) is 83.2 Å². The van der Waals surface area contributed by atoms with Gasteiger partial charge in [0.1, 0.15) is 18.2 Å². The Morgan fingerprint density at radius 1 is 1.11 bits per heavy atom. The molecule has 0 aromatic heterocycles. The van der Waals surface area contributed by atoms with Crippen molar-refractivity contribution in [3.63, 3.8) is 0 Å². The molecule has 0 amide bonds. The minimum absolute atomic E-state index is 0.0142. The van der Waals surface area contributed by atoms with Gasteiger partial charge in [-0.25, -0.2) is 0 Å². The Kier molecular flexibility index (Phi) is 8.79. The fourth-order valence-corrected chi connectivity index (χ4v) is 4.54. The number of alkyl halides is 3. The molecule has 11 heteroatoms. The standard InChI is InChI=1S/C26H32F3NO6S/c1-5-21(24(31)35-25(2,3)4)30-19-12-13-20-18(15-19)11-14-22(34-16-17-9-7-6-8-10-17)23(20)36-37(32,33)26(27,28)29/h6-11,14,19,21,30H,5,12-13,15-16H2,1-4H3/t19-,21-/m0/s1. The van der Waals surface area contributed by atoms with Crippen LogP contribution in [-0.4, -0.2) is 37.6 Å². The molecule has 0 aliphatic heterocycles. The van der Waals surface area contributed by atoms with Gasteiger partial charge >= 0.3 is 21.6 Å². The van der Waals surface area contributed by atoms with Gasteiger partial charge < -0.3 is 19.0 Å². The molecule has 7 nitrogen and oxygen atoms in total. The van der Waals surface area contributed by atoms with Crippen molar-refractivity contribution in [3.8, 4) is 11.5 Å². The Hall–Kier alpha value is -2.79. The van der Waals surface area contributed by atoms with Crippen LogP contribution < -0.4 is 14.2 Å². The van der Waals surface area contributed by atoms with Crippen LogP contribution in [0.3, 0.4) is 0 Å². The van der Waals surface area contributed by atoms with Crippen LogP contribution in [0.15, 0.2) is 42.5 Å². The number of nitrogens with one attached hydrogen (secondary N) is 1. The summed E-state index contributed by atoms with van der Waals surface area (Å²) in [7, 11) is -5.91. The van der Waals surface area contributed by atoms with Crippen LogP contribution in [0.5, 0.6) is 11.5 Å². The molecule has 0 bridgehead atoms. The van der Waals surface area contributed by atoms with Crippen molar-refractivity contribution in [2.24, 2.45) is 0 Å². The lowest BCUT2D eigenvalue weighted by molar-refractivity contribution is -0.157. The third-order valence-corrected chi connectivity index (χ3v) is 6.73. The molecule has 1 aliphatic carbocycles. The summed E-state index contributed by atoms with van der Waals surface area (Å²) in [6.45, 7) is 7.20. The van der Waals surface area contributed by atoms with Crippen molar-refractivity contribution >= 4 is 16.1 Å². The van der Waals surface area contributed by atoms with Crippen LogP contribution in [0.2, 0.25) is 0 Å². The predicted octanol–water partition coefficient (Wildman–Crippen LogP) is 5.06. The van der Waals surface area contributed by atoms with Crippen molar-refractivity contribution in [1.82, 2.24) is 5.32 Å². The minimum Gasteiger partial charge on any atom is -0.485 e. The van der Waals surface area contributed by atoms with Crippen LogP contribution in [0.1, 0.15) is 57.2 Å². The van der Waals surface area contributed by atoms with Crippen molar-refractivity contribution < 1.29 is 40.0 Å². The van der Waals surface area contributed by atoms with Gasteiger partial charge in [0.15, 0.2) is 11.5 Å². The summed E-state index contributed by atoms with van der Waals surface area (Å²) in [6, 6.07) is 11.3. The Morgan fingerprint density at radius 3 is 2.38 bits per heavy atom. The number of fused-ring (bicyclic) bond motifs is 1. The van der Waals surface area contributed by atoms with Crippen molar-refractivity contribution in [2.75, 3.05) is 0 Å². The topological polar surface area (TPSA) is 90.9 Å². The van der Waals surface area contributed by atoms with Crippen LogP contribution >= 0.6 is 0 Å². The zero-order valence-corrected chi connectivity index (χ0v) is 22.0. The molecule has 0 saturated carbocycles. The lowest BCUT2D eigenvalue weighted by Crippen LogP contribution is -2.47. The number of hydrogen-bond donors (Lipinski definition) is 1. The molecule has 0 fully saturated rings. The van der Waals surface area contributed by atoms with E-state index < -0.39 is 33.0 Å². The van der Waals surface area contributed by atoms with E-state index in [1.54, 1.807) is 51.1 Å². The first-order valence-corrected chi connectivity index (χ1v) is 13.4. The highest BCUT2D eigenvalue weighted by Gasteiger charge is 2.49. The molecule has 2 atom stereocenters. The van der Waals surface area contributed by atoms with Gasteiger partial charge in [0.2, 0.25) is 0 Å². The van der Waals surface area contributed by atoms with Crippen molar-refractivity contribution in [3.05, 3.63) is 59.2 Å². The molecule has 0 heterocycles. The number of carbonyl (C=O) groups is 1. The zero-order valence-electron chi connectivity index (χ0n) is 21.2. The molecule has 3 rings (SSSR count). The normalized spacial score (nSPS) is 17.0. The first-order valence-electron chi connectivity index (χ1n) is 12.0. The minimum atomic E-state index is -5.91. The van der Waals surface area contributed by atoms with E-state index in [0.29, 0.717) is 30.4 Å². The summed E-state index contributed by atoms with van der Waals surface area (Å²) in [5.41, 5.74) is -4.53. The molecule has 1 N–H and O–H groups in total. The highest BCUT2D eigenvalue weighted by molar-refractivity contribution is 7.88. The third-order valence-electron chi connectivity index (χ3n) is 5.78. The number of hydrogen-bond acceptors (Lipinski definition) is 7. The van der Waals surface area contributed by atoms with Crippen LogP contribution in [0.4, 0.5) is 13.2 Å². The van der Waals surface area contributed by atoms with E-state index in [1.807, 2.05) is 13.0 Å². The second kappa shape index (κ2) is 11.3. The smallest absolute Gasteiger partial charge is 0.485 e. The maximum atomic E-state index is 13.2. The van der Waals surface area contributed by atoms with Gasteiger partial charge in [-0.3, -0.25) is 4.79 Å². The molecule has 0 saturated heterocycles. The quantitative estimate of drug-likeness (QED) is 0.269. The Morgan fingerprint density at radius 2 is 1.78 bits per heavy atom. The molecular weight excluding hydrogens is 511 g/mol. The molecule has 2 aromatic rings. The van der Waals surface area contributed by atoms with Crippen LogP contribution in [-0.2, 0) is 39.1 Å². The highest BCUT2D eigenvalue weighted by Crippen LogP contribution is 2.41. The van der Waals surface area contributed by atoms with Crippen LogP contribution in [0.25, 0.3) is 0 Å². The highest BCUT2D eigenvalue weighted by atomic mass is 32.2. The summed E-state index contributed by atoms with van der Waals surface area (Å²) in [6.07, 6.45) is 1.51. The number of carbonyl (C=O) groups excluding carboxylic acids is 1. The predicted molar refractivity (Wildman–Crippen MR) is 132 cm³/mol. The van der Waals surface area contributed by atoms with Gasteiger partial charge in [0, 0.05) is 11.6 Å². The lowest BCUT2D eigenvalue weighted by atomic mass is 9.87. The number of halogens is 3. The van der Waals surface area contributed by atoms with Gasteiger partial charge in [-0.2, -0.15) is 21.6 Å². The lowest BCUT2D eigenvalue weighted by Gasteiger charge is -2.31. The number of ether oxygens (including phenoxy) is 2. The zero-order chi connectivity index (χ0) is 27.4. The summed E-state index contributed by atoms with van der Waals surface area (Å²) in [5.74, 6) is -0.934. The van der Waals surface area contributed by atoms with E-state index >= 15 is 0 Å². The van der Waals surface area contributed by atoms with Gasteiger partial charge in [0.25, 0.3) is 0 Å². The van der Waals surface area contributed by atoms with E-state index in [0.717, 1.165) is 5.56 Å². The summed E-state index contributed by atoms with van der Waals surface area (Å²) in [4.78, 5) is 12.6. The van der Waals surface area contributed by atoms with E-state index in [1.165, 1.54) is 6.07 Å². The molecule has 2 aromatic carbocycles. The Bertz CT molecular complexity index is 1190. The Labute approximate surface area is 215 Å². The molecule has 0 unspecified atom stereocenters.